The fraction of sp³-hybridized carbons (Fsp3) is 0.190. The van der Waals surface area contributed by atoms with Crippen molar-refractivity contribution in [2.45, 2.75) is 13.3 Å². The van der Waals surface area contributed by atoms with Crippen LogP contribution in [-0.2, 0) is 6.42 Å². The number of rotatable bonds is 3. The zero-order valence-electron chi connectivity index (χ0n) is 14.9. The molecule has 1 amide bonds. The Kier molecular flexibility index (Phi) is 4.13. The van der Waals surface area contributed by atoms with E-state index < -0.39 is 0 Å². The quantitative estimate of drug-likeness (QED) is 0.726. The molecule has 0 unspecified atom stereocenters. The summed E-state index contributed by atoms with van der Waals surface area (Å²) in [6.45, 7) is 2.57. The fourth-order valence-electron chi connectivity index (χ4n) is 3.27. The van der Waals surface area contributed by atoms with Crippen molar-refractivity contribution in [1.29, 1.82) is 0 Å². The molecule has 0 atom stereocenters. The molecule has 0 aliphatic carbocycles. The highest BCUT2D eigenvalue weighted by Crippen LogP contribution is 2.29. The monoisotopic (exact) mass is 344 g/mol. The van der Waals surface area contributed by atoms with E-state index >= 15 is 0 Å². The van der Waals surface area contributed by atoms with Crippen molar-refractivity contribution in [3.63, 3.8) is 0 Å². The number of para-hydroxylation sites is 2. The number of nitrogens with zero attached hydrogens (tertiary/aromatic N) is 4. The molecule has 2 aromatic carbocycles. The number of fused-ring (bicyclic) bond motifs is 1. The van der Waals surface area contributed by atoms with E-state index in [0.29, 0.717) is 18.2 Å². The lowest BCUT2D eigenvalue weighted by atomic mass is 10.2. The van der Waals surface area contributed by atoms with Crippen molar-refractivity contribution in [3.8, 4) is 0 Å². The van der Waals surface area contributed by atoms with Gasteiger partial charge in [0, 0.05) is 30.7 Å². The molecule has 26 heavy (non-hydrogen) atoms. The summed E-state index contributed by atoms with van der Waals surface area (Å²) < 4.78 is 0. The van der Waals surface area contributed by atoms with Crippen molar-refractivity contribution >= 4 is 23.2 Å². The van der Waals surface area contributed by atoms with Crippen LogP contribution in [0.4, 0.5) is 17.3 Å². The molecule has 1 aliphatic rings. The van der Waals surface area contributed by atoms with E-state index in [4.69, 9.17) is 0 Å². The van der Waals surface area contributed by atoms with E-state index in [0.717, 1.165) is 23.5 Å². The zero-order valence-corrected chi connectivity index (χ0v) is 14.9. The molecule has 0 radical (unpaired) electrons. The molecule has 0 spiro atoms. The molecule has 0 N–H and O–H groups in total. The standard InChI is InChI=1S/C21H20N4O/c1-15-14-18(20(26)25-13-12-16-8-6-7-11-19(16)25)23-21(22-15)24(2)17-9-4-3-5-10-17/h3-11,14H,12-13H2,1-2H3. The molecule has 0 bridgehead atoms. The molecule has 2 heterocycles. The number of hydrogen-bond acceptors (Lipinski definition) is 4. The maximum atomic E-state index is 13.1. The van der Waals surface area contributed by atoms with Crippen LogP contribution in [0.5, 0.6) is 0 Å². The third kappa shape index (κ3) is 2.92. The highest BCUT2D eigenvalue weighted by atomic mass is 16.2. The van der Waals surface area contributed by atoms with E-state index in [9.17, 15) is 4.79 Å². The lowest BCUT2D eigenvalue weighted by Gasteiger charge is -2.20. The molecule has 5 nitrogen and oxygen atoms in total. The number of aromatic nitrogens is 2. The molecule has 0 saturated heterocycles. The molecule has 0 fully saturated rings. The first-order valence-electron chi connectivity index (χ1n) is 8.68. The molecule has 0 saturated carbocycles. The molecule has 1 aromatic heterocycles. The predicted octanol–water partition coefficient (Wildman–Crippen LogP) is 3.76. The highest BCUT2D eigenvalue weighted by Gasteiger charge is 2.26. The second kappa shape index (κ2) is 6.59. The Morgan fingerprint density at radius 2 is 1.77 bits per heavy atom. The first-order chi connectivity index (χ1) is 12.6. The van der Waals surface area contributed by atoms with Crippen LogP contribution >= 0.6 is 0 Å². The van der Waals surface area contributed by atoms with Gasteiger partial charge in [-0.1, -0.05) is 36.4 Å². The van der Waals surface area contributed by atoms with Crippen molar-refractivity contribution in [2.24, 2.45) is 0 Å². The molecule has 5 heteroatoms. The number of anilines is 3. The van der Waals surface area contributed by atoms with E-state index in [2.05, 4.69) is 16.0 Å². The maximum absolute atomic E-state index is 13.1. The van der Waals surface area contributed by atoms with Crippen LogP contribution in [0.2, 0.25) is 0 Å². The summed E-state index contributed by atoms with van der Waals surface area (Å²) in [4.78, 5) is 25.8. The fourth-order valence-corrected chi connectivity index (χ4v) is 3.27. The lowest BCUT2D eigenvalue weighted by Crippen LogP contribution is -2.30. The van der Waals surface area contributed by atoms with Gasteiger partial charge >= 0.3 is 0 Å². The molecule has 3 aromatic rings. The zero-order chi connectivity index (χ0) is 18.1. The summed E-state index contributed by atoms with van der Waals surface area (Å²) in [6.07, 6.45) is 0.878. The number of carbonyl (C=O) groups is 1. The second-order valence-corrected chi connectivity index (χ2v) is 6.42. The molecule has 130 valence electrons. The maximum Gasteiger partial charge on any atom is 0.277 e. The second-order valence-electron chi connectivity index (χ2n) is 6.42. The van der Waals surface area contributed by atoms with Gasteiger partial charge in [0.15, 0.2) is 0 Å². The van der Waals surface area contributed by atoms with Crippen LogP contribution in [0.15, 0.2) is 60.7 Å². The average molecular weight is 344 g/mol. The minimum absolute atomic E-state index is 0.0804. The van der Waals surface area contributed by atoms with Crippen molar-refractivity contribution in [1.82, 2.24) is 9.97 Å². The number of amides is 1. The number of aryl methyl sites for hydroxylation is 1. The van der Waals surface area contributed by atoms with Crippen molar-refractivity contribution in [3.05, 3.63) is 77.6 Å². The van der Waals surface area contributed by atoms with Crippen LogP contribution in [0.25, 0.3) is 0 Å². The third-order valence-corrected chi connectivity index (χ3v) is 4.64. The molecule has 4 rings (SSSR count). The molecular weight excluding hydrogens is 324 g/mol. The number of benzene rings is 2. The van der Waals surface area contributed by atoms with Gasteiger partial charge in [-0.05, 0) is 43.2 Å². The van der Waals surface area contributed by atoms with Gasteiger partial charge in [-0.15, -0.1) is 0 Å². The first-order valence-corrected chi connectivity index (χ1v) is 8.68. The van der Waals surface area contributed by atoms with Crippen LogP contribution < -0.4 is 9.80 Å². The van der Waals surface area contributed by atoms with Gasteiger partial charge < -0.3 is 9.80 Å². The lowest BCUT2D eigenvalue weighted by molar-refractivity contribution is 0.0984. The van der Waals surface area contributed by atoms with E-state index in [1.54, 1.807) is 6.07 Å². The Bertz CT molecular complexity index is 955. The summed E-state index contributed by atoms with van der Waals surface area (Å²) >= 11 is 0. The summed E-state index contributed by atoms with van der Waals surface area (Å²) in [7, 11) is 1.91. The van der Waals surface area contributed by atoms with Crippen LogP contribution in [0.3, 0.4) is 0 Å². The van der Waals surface area contributed by atoms with Gasteiger partial charge in [-0.25, -0.2) is 9.97 Å². The van der Waals surface area contributed by atoms with E-state index in [1.165, 1.54) is 5.56 Å². The van der Waals surface area contributed by atoms with Crippen molar-refractivity contribution < 1.29 is 4.79 Å². The Hall–Kier alpha value is -3.21. The van der Waals surface area contributed by atoms with Gasteiger partial charge in [0.2, 0.25) is 5.95 Å². The van der Waals surface area contributed by atoms with Crippen LogP contribution in [-0.4, -0.2) is 29.5 Å². The topological polar surface area (TPSA) is 49.3 Å². The summed E-state index contributed by atoms with van der Waals surface area (Å²) in [5, 5.41) is 0. The normalized spacial score (nSPS) is 12.8. The molecular formula is C21H20N4O. The SMILES string of the molecule is Cc1cc(C(=O)N2CCc3ccccc32)nc(N(C)c2ccccc2)n1. The Morgan fingerprint density at radius 3 is 2.58 bits per heavy atom. The van der Waals surface area contributed by atoms with Gasteiger partial charge in [-0.2, -0.15) is 0 Å². The van der Waals surface area contributed by atoms with Gasteiger partial charge in [0.1, 0.15) is 5.69 Å². The van der Waals surface area contributed by atoms with Crippen LogP contribution in [0, 0.1) is 6.92 Å². The summed E-state index contributed by atoms with van der Waals surface area (Å²) in [5.74, 6) is 0.440. The summed E-state index contributed by atoms with van der Waals surface area (Å²) in [6, 6.07) is 19.7. The molecule has 1 aliphatic heterocycles. The first kappa shape index (κ1) is 16.3. The van der Waals surface area contributed by atoms with Crippen molar-refractivity contribution in [2.75, 3.05) is 23.4 Å². The van der Waals surface area contributed by atoms with Gasteiger partial charge in [-0.3, -0.25) is 4.79 Å². The number of hydrogen-bond donors (Lipinski definition) is 0. The van der Waals surface area contributed by atoms with Crippen LogP contribution in [0.1, 0.15) is 21.7 Å². The van der Waals surface area contributed by atoms with Gasteiger partial charge in [0.05, 0.1) is 0 Å². The predicted molar refractivity (Wildman–Crippen MR) is 103 cm³/mol. The minimum atomic E-state index is -0.0804. The van der Waals surface area contributed by atoms with E-state index in [-0.39, 0.29) is 5.91 Å². The average Bonchev–Trinajstić information content (AvgIpc) is 3.11. The Labute approximate surface area is 152 Å². The smallest absolute Gasteiger partial charge is 0.277 e. The largest absolute Gasteiger partial charge is 0.314 e. The van der Waals surface area contributed by atoms with E-state index in [1.807, 2.05) is 72.3 Å². The minimum Gasteiger partial charge on any atom is -0.314 e. The Morgan fingerprint density at radius 1 is 1.04 bits per heavy atom. The van der Waals surface area contributed by atoms with Gasteiger partial charge in [0.25, 0.3) is 5.91 Å². The Balaban J connectivity index is 1.68. The summed E-state index contributed by atoms with van der Waals surface area (Å²) in [5.41, 5.74) is 4.35. The highest BCUT2D eigenvalue weighted by molar-refractivity contribution is 6.06. The number of carbonyl (C=O) groups excluding carboxylic acids is 1. The third-order valence-electron chi connectivity index (χ3n) is 4.64.